The van der Waals surface area contributed by atoms with Crippen molar-refractivity contribution in [3.05, 3.63) is 59.9 Å². The fraction of sp³-hybridized carbons (Fsp3) is 0.455. The number of carbonyl (C=O) groups is 1. The van der Waals surface area contributed by atoms with Crippen molar-refractivity contribution in [3.8, 4) is 5.75 Å². The number of para-hydroxylation sites is 1. The number of fused-ring (bicyclic) bond motifs is 1. The van der Waals surface area contributed by atoms with E-state index in [2.05, 4.69) is 28.1 Å². The van der Waals surface area contributed by atoms with Crippen LogP contribution in [0.2, 0.25) is 0 Å². The predicted molar refractivity (Wildman–Crippen MR) is 104 cm³/mol. The van der Waals surface area contributed by atoms with Crippen molar-refractivity contribution in [2.24, 2.45) is 5.92 Å². The molecule has 0 bridgehead atoms. The molecule has 0 radical (unpaired) electrons. The SMILES string of the molecule is CC(=O)N1Cc2ccccc2OC(C2CCCN(Cc3ccncc3)C2)C1. The van der Waals surface area contributed by atoms with E-state index in [4.69, 9.17) is 4.74 Å². The van der Waals surface area contributed by atoms with Crippen LogP contribution in [-0.4, -0.2) is 46.4 Å². The molecule has 2 aromatic rings. The highest BCUT2D eigenvalue weighted by Gasteiger charge is 2.33. The van der Waals surface area contributed by atoms with Crippen molar-refractivity contribution in [2.75, 3.05) is 19.6 Å². The Morgan fingerprint density at radius 2 is 2.00 bits per heavy atom. The zero-order valence-electron chi connectivity index (χ0n) is 15.9. The van der Waals surface area contributed by atoms with Crippen LogP contribution in [0.4, 0.5) is 0 Å². The molecule has 0 saturated carbocycles. The highest BCUT2D eigenvalue weighted by molar-refractivity contribution is 5.73. The Morgan fingerprint density at radius 1 is 1.19 bits per heavy atom. The first-order chi connectivity index (χ1) is 13.2. The second-order valence-electron chi connectivity index (χ2n) is 7.66. The van der Waals surface area contributed by atoms with Crippen LogP contribution < -0.4 is 4.74 Å². The topological polar surface area (TPSA) is 45.7 Å². The summed E-state index contributed by atoms with van der Waals surface area (Å²) < 4.78 is 6.44. The van der Waals surface area contributed by atoms with Gasteiger partial charge in [-0.3, -0.25) is 14.7 Å². The first-order valence-electron chi connectivity index (χ1n) is 9.80. The Hall–Kier alpha value is -2.40. The molecule has 142 valence electrons. The number of ether oxygens (including phenoxy) is 1. The van der Waals surface area contributed by atoms with Crippen LogP contribution in [-0.2, 0) is 17.9 Å². The van der Waals surface area contributed by atoms with Gasteiger partial charge >= 0.3 is 0 Å². The highest BCUT2D eigenvalue weighted by atomic mass is 16.5. The van der Waals surface area contributed by atoms with Gasteiger partial charge in [0.1, 0.15) is 11.9 Å². The Balaban J connectivity index is 1.50. The van der Waals surface area contributed by atoms with Crippen LogP contribution >= 0.6 is 0 Å². The van der Waals surface area contributed by atoms with Gasteiger partial charge in [-0.2, -0.15) is 0 Å². The minimum atomic E-state index is 0.0396. The molecule has 27 heavy (non-hydrogen) atoms. The van der Waals surface area contributed by atoms with E-state index >= 15 is 0 Å². The minimum absolute atomic E-state index is 0.0396. The first kappa shape index (κ1) is 18.0. The van der Waals surface area contributed by atoms with E-state index in [1.807, 2.05) is 35.5 Å². The van der Waals surface area contributed by atoms with Crippen molar-refractivity contribution < 1.29 is 9.53 Å². The second kappa shape index (κ2) is 8.09. The fourth-order valence-corrected chi connectivity index (χ4v) is 4.21. The van der Waals surface area contributed by atoms with Gasteiger partial charge in [0.05, 0.1) is 6.54 Å². The number of nitrogens with zero attached hydrogens (tertiary/aromatic N) is 3. The van der Waals surface area contributed by atoms with E-state index in [1.54, 1.807) is 6.92 Å². The van der Waals surface area contributed by atoms with Crippen LogP contribution in [0.15, 0.2) is 48.8 Å². The largest absolute Gasteiger partial charge is 0.488 e. The summed E-state index contributed by atoms with van der Waals surface area (Å²) in [7, 11) is 0. The summed E-state index contributed by atoms with van der Waals surface area (Å²) in [6, 6.07) is 12.3. The van der Waals surface area contributed by atoms with Crippen molar-refractivity contribution in [3.63, 3.8) is 0 Å². The van der Waals surface area contributed by atoms with Crippen LogP contribution in [0.25, 0.3) is 0 Å². The molecule has 5 heteroatoms. The monoisotopic (exact) mass is 365 g/mol. The normalized spacial score (nSPS) is 23.2. The van der Waals surface area contributed by atoms with Crippen molar-refractivity contribution in [1.29, 1.82) is 0 Å². The average Bonchev–Trinajstić information content (AvgIpc) is 2.89. The maximum atomic E-state index is 12.1. The minimum Gasteiger partial charge on any atom is -0.488 e. The van der Waals surface area contributed by atoms with Gasteiger partial charge in [0, 0.05) is 50.4 Å². The summed E-state index contributed by atoms with van der Waals surface area (Å²) in [5, 5.41) is 0. The zero-order valence-corrected chi connectivity index (χ0v) is 15.9. The number of benzene rings is 1. The molecule has 0 aliphatic carbocycles. The van der Waals surface area contributed by atoms with Crippen molar-refractivity contribution in [1.82, 2.24) is 14.8 Å². The summed E-state index contributed by atoms with van der Waals surface area (Å²) in [6.45, 7) is 6.01. The van der Waals surface area contributed by atoms with Gasteiger partial charge in [0.15, 0.2) is 0 Å². The molecule has 2 atom stereocenters. The maximum Gasteiger partial charge on any atom is 0.219 e. The number of carbonyl (C=O) groups excluding carboxylic acids is 1. The molecular weight excluding hydrogens is 338 g/mol. The number of rotatable bonds is 3. The van der Waals surface area contributed by atoms with E-state index in [0.717, 1.165) is 43.8 Å². The second-order valence-corrected chi connectivity index (χ2v) is 7.66. The highest BCUT2D eigenvalue weighted by Crippen LogP contribution is 2.30. The van der Waals surface area contributed by atoms with Crippen LogP contribution in [0.1, 0.15) is 30.9 Å². The van der Waals surface area contributed by atoms with Gasteiger partial charge < -0.3 is 9.64 Å². The summed E-state index contributed by atoms with van der Waals surface area (Å²) in [5.41, 5.74) is 2.39. The summed E-state index contributed by atoms with van der Waals surface area (Å²) >= 11 is 0. The predicted octanol–water partition coefficient (Wildman–Crippen LogP) is 3.10. The molecule has 3 heterocycles. The third-order valence-electron chi connectivity index (χ3n) is 5.68. The van der Waals surface area contributed by atoms with Gasteiger partial charge in [-0.05, 0) is 43.1 Å². The Kier molecular flexibility index (Phi) is 5.39. The lowest BCUT2D eigenvalue weighted by atomic mass is 9.91. The summed E-state index contributed by atoms with van der Waals surface area (Å²) in [4.78, 5) is 20.7. The number of piperidine rings is 1. The van der Waals surface area contributed by atoms with E-state index in [0.29, 0.717) is 19.0 Å². The molecule has 1 saturated heterocycles. The molecule has 2 unspecified atom stereocenters. The molecule has 2 aliphatic rings. The summed E-state index contributed by atoms with van der Waals surface area (Å²) in [5.74, 6) is 1.47. The summed E-state index contributed by atoms with van der Waals surface area (Å²) in [6.07, 6.45) is 6.06. The van der Waals surface area contributed by atoms with Crippen LogP contribution in [0.5, 0.6) is 5.75 Å². The number of amides is 1. The zero-order chi connectivity index (χ0) is 18.6. The lowest BCUT2D eigenvalue weighted by Crippen LogP contribution is -2.46. The lowest BCUT2D eigenvalue weighted by molar-refractivity contribution is -0.130. The number of aromatic nitrogens is 1. The van der Waals surface area contributed by atoms with Crippen molar-refractivity contribution in [2.45, 2.75) is 39.0 Å². The molecule has 2 aliphatic heterocycles. The smallest absolute Gasteiger partial charge is 0.219 e. The number of pyridine rings is 1. The van der Waals surface area contributed by atoms with E-state index in [-0.39, 0.29) is 12.0 Å². The molecule has 0 N–H and O–H groups in total. The number of hydrogen-bond donors (Lipinski definition) is 0. The Bertz CT molecular complexity index is 780. The average molecular weight is 365 g/mol. The Morgan fingerprint density at radius 3 is 2.81 bits per heavy atom. The van der Waals surface area contributed by atoms with Crippen molar-refractivity contribution >= 4 is 5.91 Å². The molecule has 1 aromatic carbocycles. The number of likely N-dealkylation sites (tertiary alicyclic amines) is 1. The van der Waals surface area contributed by atoms with E-state index in [1.165, 1.54) is 5.56 Å². The third-order valence-corrected chi connectivity index (χ3v) is 5.68. The molecule has 1 aromatic heterocycles. The van der Waals surface area contributed by atoms with Crippen LogP contribution in [0, 0.1) is 5.92 Å². The fourth-order valence-electron chi connectivity index (χ4n) is 4.21. The molecule has 5 nitrogen and oxygen atoms in total. The van der Waals surface area contributed by atoms with Gasteiger partial charge in [-0.15, -0.1) is 0 Å². The standard InChI is InChI=1S/C22H27N3O2/c1-17(26)25-15-20-5-2-3-7-21(20)27-22(16-25)19-6-4-12-24(14-19)13-18-8-10-23-11-9-18/h2-3,5,7-11,19,22H,4,6,12-16H2,1H3. The molecule has 1 amide bonds. The maximum absolute atomic E-state index is 12.1. The molecular formula is C22H27N3O2. The molecule has 0 spiro atoms. The molecule has 4 rings (SSSR count). The van der Waals surface area contributed by atoms with E-state index < -0.39 is 0 Å². The van der Waals surface area contributed by atoms with Gasteiger partial charge in [0.25, 0.3) is 0 Å². The van der Waals surface area contributed by atoms with E-state index in [9.17, 15) is 4.79 Å². The first-order valence-corrected chi connectivity index (χ1v) is 9.80. The van der Waals surface area contributed by atoms with Crippen LogP contribution in [0.3, 0.4) is 0 Å². The van der Waals surface area contributed by atoms with Gasteiger partial charge in [-0.25, -0.2) is 0 Å². The van der Waals surface area contributed by atoms with Gasteiger partial charge in [-0.1, -0.05) is 18.2 Å². The number of hydrogen-bond acceptors (Lipinski definition) is 4. The van der Waals surface area contributed by atoms with Gasteiger partial charge in [0.2, 0.25) is 5.91 Å². The third kappa shape index (κ3) is 4.30. The quantitative estimate of drug-likeness (QED) is 0.838. The Labute approximate surface area is 161 Å². The lowest BCUT2D eigenvalue weighted by Gasteiger charge is -2.37. The molecule has 1 fully saturated rings.